The van der Waals surface area contributed by atoms with E-state index < -0.39 is 0 Å². The number of anilines is 2. The third kappa shape index (κ3) is 3.29. The van der Waals surface area contributed by atoms with Gasteiger partial charge in [-0.3, -0.25) is 0 Å². The van der Waals surface area contributed by atoms with Crippen LogP contribution in [-0.2, 0) is 0 Å². The van der Waals surface area contributed by atoms with Crippen LogP contribution in [0, 0.1) is 13.8 Å². The summed E-state index contributed by atoms with van der Waals surface area (Å²) in [5, 5.41) is 14.4. The molecule has 0 atom stereocenters. The van der Waals surface area contributed by atoms with Gasteiger partial charge in [-0.15, -0.1) is 0 Å². The van der Waals surface area contributed by atoms with Gasteiger partial charge >= 0.3 is 0 Å². The van der Waals surface area contributed by atoms with Crippen molar-refractivity contribution < 1.29 is 5.11 Å². The Morgan fingerprint density at radius 2 is 1.96 bits per heavy atom. The van der Waals surface area contributed by atoms with Crippen LogP contribution in [0.4, 0.5) is 10.8 Å². The Morgan fingerprint density at radius 3 is 2.76 bits per heavy atom. The monoisotopic (exact) mass is 353 g/mol. The van der Waals surface area contributed by atoms with Crippen molar-refractivity contribution in [1.29, 1.82) is 0 Å². The first-order chi connectivity index (χ1) is 12.1. The molecule has 2 aromatic carbocycles. The van der Waals surface area contributed by atoms with Gasteiger partial charge in [-0.1, -0.05) is 23.5 Å². The molecule has 2 heterocycles. The predicted molar refractivity (Wildman–Crippen MR) is 106 cm³/mol. The molecule has 1 aliphatic heterocycles. The fraction of sp³-hybridized carbons (Fsp3) is 0.350. The largest absolute Gasteiger partial charge is 0.508 e. The highest BCUT2D eigenvalue weighted by Crippen LogP contribution is 2.32. The number of phenolic OH excluding ortho intramolecular Hbond substituents is 1. The highest BCUT2D eigenvalue weighted by atomic mass is 32.1. The Bertz CT molecular complexity index is 897. The van der Waals surface area contributed by atoms with E-state index in [4.69, 9.17) is 4.98 Å². The molecule has 0 aliphatic carbocycles. The van der Waals surface area contributed by atoms with E-state index in [1.54, 1.807) is 23.5 Å². The van der Waals surface area contributed by atoms with Gasteiger partial charge in [0.25, 0.3) is 0 Å². The van der Waals surface area contributed by atoms with E-state index in [9.17, 15) is 5.11 Å². The molecule has 1 fully saturated rings. The number of fused-ring (bicyclic) bond motifs is 1. The van der Waals surface area contributed by atoms with E-state index in [1.807, 2.05) is 6.07 Å². The zero-order chi connectivity index (χ0) is 17.4. The second-order valence-electron chi connectivity index (χ2n) is 6.80. The number of nitrogens with one attached hydrogen (secondary N) is 1. The Labute approximate surface area is 152 Å². The number of piperidine rings is 1. The highest BCUT2D eigenvalue weighted by Gasteiger charge is 2.22. The summed E-state index contributed by atoms with van der Waals surface area (Å²) in [5.41, 5.74) is 4.82. The smallest absolute Gasteiger partial charge is 0.186 e. The van der Waals surface area contributed by atoms with Crippen LogP contribution >= 0.6 is 11.3 Å². The first-order valence-electron chi connectivity index (χ1n) is 8.77. The molecule has 3 aromatic rings. The van der Waals surface area contributed by atoms with Gasteiger partial charge < -0.3 is 15.3 Å². The second-order valence-corrected chi connectivity index (χ2v) is 7.81. The van der Waals surface area contributed by atoms with Crippen LogP contribution in [0.2, 0.25) is 0 Å². The van der Waals surface area contributed by atoms with Crippen molar-refractivity contribution in [2.75, 3.05) is 23.3 Å². The summed E-state index contributed by atoms with van der Waals surface area (Å²) < 4.78 is 1.13. The lowest BCUT2D eigenvalue weighted by atomic mass is 10.0. The highest BCUT2D eigenvalue weighted by molar-refractivity contribution is 7.22. The molecule has 0 radical (unpaired) electrons. The van der Waals surface area contributed by atoms with Crippen molar-refractivity contribution >= 4 is 32.4 Å². The van der Waals surface area contributed by atoms with Crippen molar-refractivity contribution in [3.05, 3.63) is 47.5 Å². The number of hydrogen-bond donors (Lipinski definition) is 2. The Morgan fingerprint density at radius 1 is 1.16 bits per heavy atom. The third-order valence-electron chi connectivity index (χ3n) is 5.09. The molecule has 0 bridgehead atoms. The maximum absolute atomic E-state index is 9.61. The number of aromatic hydroxyl groups is 1. The zero-order valence-electron chi connectivity index (χ0n) is 14.6. The van der Waals surface area contributed by atoms with Crippen molar-refractivity contribution in [3.63, 3.8) is 0 Å². The molecular formula is C20H23N3OS. The number of phenols is 1. The summed E-state index contributed by atoms with van der Waals surface area (Å²) in [6.07, 6.45) is 2.21. The fourth-order valence-electron chi connectivity index (χ4n) is 3.38. The van der Waals surface area contributed by atoms with E-state index in [0.29, 0.717) is 6.04 Å². The summed E-state index contributed by atoms with van der Waals surface area (Å²) in [5.74, 6) is 0.279. The fourth-order valence-corrected chi connectivity index (χ4v) is 4.38. The third-order valence-corrected chi connectivity index (χ3v) is 6.19. The average Bonchev–Trinajstić information content (AvgIpc) is 3.03. The maximum atomic E-state index is 9.61. The van der Waals surface area contributed by atoms with E-state index in [0.717, 1.165) is 41.3 Å². The van der Waals surface area contributed by atoms with Gasteiger partial charge in [-0.2, -0.15) is 0 Å². The van der Waals surface area contributed by atoms with Crippen LogP contribution in [0.3, 0.4) is 0 Å². The molecule has 0 spiro atoms. The number of benzene rings is 2. The van der Waals surface area contributed by atoms with Crippen LogP contribution in [0.5, 0.6) is 5.75 Å². The number of aromatic nitrogens is 1. The molecule has 0 amide bonds. The topological polar surface area (TPSA) is 48.4 Å². The van der Waals surface area contributed by atoms with Gasteiger partial charge in [-0.25, -0.2) is 4.98 Å². The van der Waals surface area contributed by atoms with Gasteiger partial charge in [0.2, 0.25) is 0 Å². The van der Waals surface area contributed by atoms with Crippen LogP contribution in [0.25, 0.3) is 10.2 Å². The Hall–Kier alpha value is -2.27. The zero-order valence-corrected chi connectivity index (χ0v) is 15.4. The van der Waals surface area contributed by atoms with Crippen LogP contribution in [0.15, 0.2) is 36.4 Å². The molecular weight excluding hydrogens is 330 g/mol. The summed E-state index contributed by atoms with van der Waals surface area (Å²) in [4.78, 5) is 7.06. The summed E-state index contributed by atoms with van der Waals surface area (Å²) in [6, 6.07) is 12.4. The van der Waals surface area contributed by atoms with E-state index in [1.165, 1.54) is 16.8 Å². The minimum atomic E-state index is 0.279. The van der Waals surface area contributed by atoms with Crippen LogP contribution in [-0.4, -0.2) is 29.2 Å². The lowest BCUT2D eigenvalue weighted by molar-refractivity contribution is 0.476. The van der Waals surface area contributed by atoms with Crippen molar-refractivity contribution in [2.24, 2.45) is 0 Å². The first kappa shape index (κ1) is 16.2. The van der Waals surface area contributed by atoms with Gasteiger partial charge in [0, 0.05) is 30.9 Å². The van der Waals surface area contributed by atoms with E-state index in [-0.39, 0.29) is 5.75 Å². The Balaban J connectivity index is 1.43. The van der Waals surface area contributed by atoms with Gasteiger partial charge in [0.05, 0.1) is 10.2 Å². The lowest BCUT2D eigenvalue weighted by Gasteiger charge is -2.33. The minimum Gasteiger partial charge on any atom is -0.508 e. The quantitative estimate of drug-likeness (QED) is 0.716. The SMILES string of the molecule is Cc1cccc(NC2CCN(c3nc4cc(O)ccc4s3)CC2)c1C. The molecule has 1 aromatic heterocycles. The molecule has 1 saturated heterocycles. The molecule has 4 rings (SSSR count). The van der Waals surface area contributed by atoms with Crippen molar-refractivity contribution in [1.82, 2.24) is 4.98 Å². The summed E-state index contributed by atoms with van der Waals surface area (Å²) in [6.45, 7) is 6.36. The normalized spacial score (nSPS) is 15.7. The summed E-state index contributed by atoms with van der Waals surface area (Å²) >= 11 is 1.71. The molecule has 0 saturated carbocycles. The number of rotatable bonds is 3. The van der Waals surface area contributed by atoms with Crippen LogP contribution in [0.1, 0.15) is 24.0 Å². The molecule has 130 valence electrons. The van der Waals surface area contributed by atoms with Gasteiger partial charge in [-0.05, 0) is 56.0 Å². The van der Waals surface area contributed by atoms with E-state index >= 15 is 0 Å². The van der Waals surface area contributed by atoms with Gasteiger partial charge in [0.15, 0.2) is 5.13 Å². The number of hydrogen-bond acceptors (Lipinski definition) is 5. The molecule has 1 aliphatic rings. The lowest BCUT2D eigenvalue weighted by Crippen LogP contribution is -2.39. The minimum absolute atomic E-state index is 0.279. The Kier molecular flexibility index (Phi) is 4.25. The summed E-state index contributed by atoms with van der Waals surface area (Å²) in [7, 11) is 0. The standard InChI is InChI=1S/C20H23N3OS/c1-13-4-3-5-17(14(13)2)21-15-8-10-23(11-9-15)20-22-18-12-16(24)6-7-19(18)25-20/h3-7,12,15,21,24H,8-11H2,1-2H3. The molecule has 0 unspecified atom stereocenters. The van der Waals surface area contributed by atoms with Crippen molar-refractivity contribution in [3.8, 4) is 5.75 Å². The number of nitrogens with zero attached hydrogens (tertiary/aromatic N) is 2. The number of thiazole rings is 1. The second kappa shape index (κ2) is 6.56. The van der Waals surface area contributed by atoms with Crippen LogP contribution < -0.4 is 10.2 Å². The van der Waals surface area contributed by atoms with Crippen molar-refractivity contribution in [2.45, 2.75) is 32.7 Å². The molecule has 4 nitrogen and oxygen atoms in total. The molecule has 25 heavy (non-hydrogen) atoms. The predicted octanol–water partition coefficient (Wildman–Crippen LogP) is 4.70. The molecule has 2 N–H and O–H groups in total. The first-order valence-corrected chi connectivity index (χ1v) is 9.59. The number of aryl methyl sites for hydroxylation is 1. The van der Waals surface area contributed by atoms with E-state index in [2.05, 4.69) is 42.3 Å². The maximum Gasteiger partial charge on any atom is 0.186 e. The average molecular weight is 353 g/mol. The van der Waals surface area contributed by atoms with Gasteiger partial charge in [0.1, 0.15) is 5.75 Å². The molecule has 5 heteroatoms.